The monoisotopic (exact) mass is 321 g/mol. The number of aromatic carboxylic acids is 1. The first-order chi connectivity index (χ1) is 10.6. The van der Waals surface area contributed by atoms with Crippen molar-refractivity contribution in [2.24, 2.45) is 0 Å². The summed E-state index contributed by atoms with van der Waals surface area (Å²) in [6.45, 7) is 6.81. The van der Waals surface area contributed by atoms with Crippen molar-refractivity contribution in [3.8, 4) is 22.1 Å². The van der Waals surface area contributed by atoms with Crippen molar-refractivity contribution in [3.05, 3.63) is 28.8 Å². The Labute approximate surface area is 133 Å². The van der Waals surface area contributed by atoms with Gasteiger partial charge in [0, 0.05) is 5.56 Å². The summed E-state index contributed by atoms with van der Waals surface area (Å²) in [4.78, 5) is 15.7. The molecule has 0 aliphatic carbocycles. The molecule has 0 bridgehead atoms. The van der Waals surface area contributed by atoms with Crippen molar-refractivity contribution in [1.29, 1.82) is 0 Å². The van der Waals surface area contributed by atoms with Crippen molar-refractivity contribution in [2.75, 3.05) is 13.2 Å². The third-order valence-corrected chi connectivity index (χ3v) is 4.14. The van der Waals surface area contributed by atoms with Gasteiger partial charge in [0.2, 0.25) is 0 Å². The average Bonchev–Trinajstić information content (AvgIpc) is 2.88. The lowest BCUT2D eigenvalue weighted by Crippen LogP contribution is -2.00. The highest BCUT2D eigenvalue weighted by atomic mass is 32.1. The van der Waals surface area contributed by atoms with E-state index in [1.807, 2.05) is 32.0 Å². The smallest absolute Gasteiger partial charge is 0.347 e. The Bertz CT molecular complexity index is 666. The van der Waals surface area contributed by atoms with E-state index in [4.69, 9.17) is 14.6 Å². The largest absolute Gasteiger partial charge is 0.490 e. The summed E-state index contributed by atoms with van der Waals surface area (Å²) in [6.07, 6.45) is 0.918. The van der Waals surface area contributed by atoms with Crippen LogP contribution in [0.5, 0.6) is 11.5 Å². The van der Waals surface area contributed by atoms with Gasteiger partial charge in [-0.1, -0.05) is 6.92 Å². The predicted octanol–water partition coefficient (Wildman–Crippen LogP) is 4.00. The Hall–Kier alpha value is -2.08. The maximum absolute atomic E-state index is 11.1. The zero-order chi connectivity index (χ0) is 16.1. The molecule has 0 aliphatic heterocycles. The van der Waals surface area contributed by atoms with Crippen LogP contribution < -0.4 is 9.47 Å². The van der Waals surface area contributed by atoms with Gasteiger partial charge in [-0.3, -0.25) is 0 Å². The van der Waals surface area contributed by atoms with Crippen molar-refractivity contribution in [3.63, 3.8) is 0 Å². The number of aryl methyl sites for hydroxylation is 1. The number of ether oxygens (including phenoxy) is 2. The summed E-state index contributed by atoms with van der Waals surface area (Å²) in [6, 6.07) is 5.56. The molecular weight excluding hydrogens is 302 g/mol. The Morgan fingerprint density at radius 1 is 1.27 bits per heavy atom. The molecule has 1 heterocycles. The molecule has 1 aromatic carbocycles. The molecule has 0 amide bonds. The van der Waals surface area contributed by atoms with Crippen LogP contribution in [0.1, 0.15) is 35.6 Å². The molecule has 1 aromatic heterocycles. The number of rotatable bonds is 7. The van der Waals surface area contributed by atoms with Crippen LogP contribution in [-0.4, -0.2) is 29.3 Å². The molecule has 0 radical (unpaired) electrons. The number of benzene rings is 1. The topological polar surface area (TPSA) is 68.7 Å². The molecule has 22 heavy (non-hydrogen) atoms. The van der Waals surface area contributed by atoms with Crippen LogP contribution in [0.15, 0.2) is 18.2 Å². The molecule has 0 aliphatic rings. The highest BCUT2D eigenvalue weighted by molar-refractivity contribution is 7.17. The second kappa shape index (κ2) is 7.26. The molecule has 118 valence electrons. The molecule has 2 rings (SSSR count). The number of thiazole rings is 1. The van der Waals surface area contributed by atoms with Gasteiger partial charge >= 0.3 is 5.97 Å². The van der Waals surface area contributed by atoms with E-state index in [1.165, 1.54) is 0 Å². The fourth-order valence-corrected chi connectivity index (χ4v) is 2.86. The summed E-state index contributed by atoms with van der Waals surface area (Å²) >= 11 is 1.16. The molecule has 0 spiro atoms. The van der Waals surface area contributed by atoms with Gasteiger partial charge in [0.25, 0.3) is 0 Å². The quantitative estimate of drug-likeness (QED) is 0.834. The normalized spacial score (nSPS) is 10.5. The standard InChI is InChI=1S/C16H19NO4S/c1-4-8-21-12-7-6-11(9-13(12)20-5-2)15-17-10(3)14(22-15)16(18)19/h6-7,9H,4-5,8H2,1-3H3,(H,18,19). The Balaban J connectivity index is 2.37. The fourth-order valence-electron chi connectivity index (χ4n) is 1.96. The van der Waals surface area contributed by atoms with Crippen molar-refractivity contribution < 1.29 is 19.4 Å². The summed E-state index contributed by atoms with van der Waals surface area (Å²) in [7, 11) is 0. The van der Waals surface area contributed by atoms with E-state index < -0.39 is 5.97 Å². The second-order valence-electron chi connectivity index (χ2n) is 4.68. The van der Waals surface area contributed by atoms with Crippen LogP contribution in [0.25, 0.3) is 10.6 Å². The third kappa shape index (κ3) is 3.57. The van der Waals surface area contributed by atoms with Crippen molar-refractivity contribution in [2.45, 2.75) is 27.2 Å². The average molecular weight is 321 g/mol. The van der Waals surface area contributed by atoms with Crippen LogP contribution in [0.3, 0.4) is 0 Å². The third-order valence-electron chi connectivity index (χ3n) is 2.94. The van der Waals surface area contributed by atoms with Gasteiger partial charge in [-0.05, 0) is 38.5 Å². The minimum atomic E-state index is -0.950. The van der Waals surface area contributed by atoms with Crippen molar-refractivity contribution in [1.82, 2.24) is 4.98 Å². The molecule has 0 saturated heterocycles. The Morgan fingerprint density at radius 3 is 2.64 bits per heavy atom. The molecule has 0 fully saturated rings. The Kier molecular flexibility index (Phi) is 5.38. The molecule has 1 N–H and O–H groups in total. The van der Waals surface area contributed by atoms with E-state index in [9.17, 15) is 4.79 Å². The van der Waals surface area contributed by atoms with Gasteiger partial charge in [-0.15, -0.1) is 11.3 Å². The van der Waals surface area contributed by atoms with E-state index >= 15 is 0 Å². The molecular formula is C16H19NO4S. The van der Waals surface area contributed by atoms with Gasteiger partial charge in [0.1, 0.15) is 9.88 Å². The fraction of sp³-hybridized carbons (Fsp3) is 0.375. The SMILES string of the molecule is CCCOc1ccc(-c2nc(C)c(C(=O)O)s2)cc1OCC. The summed E-state index contributed by atoms with van der Waals surface area (Å²) in [5.74, 6) is 0.395. The predicted molar refractivity (Wildman–Crippen MR) is 86.2 cm³/mol. The van der Waals surface area contributed by atoms with Crippen LogP contribution in [-0.2, 0) is 0 Å². The molecule has 0 saturated carbocycles. The number of hydrogen-bond acceptors (Lipinski definition) is 5. The Morgan fingerprint density at radius 2 is 2.05 bits per heavy atom. The van der Waals surface area contributed by atoms with Gasteiger partial charge in [0.15, 0.2) is 11.5 Å². The number of carboxylic acid groups (broad SMARTS) is 1. The molecule has 0 unspecified atom stereocenters. The van der Waals surface area contributed by atoms with E-state index in [0.717, 1.165) is 23.3 Å². The summed E-state index contributed by atoms with van der Waals surface area (Å²) < 4.78 is 11.3. The zero-order valence-corrected chi connectivity index (χ0v) is 13.7. The molecule has 5 nitrogen and oxygen atoms in total. The van der Waals surface area contributed by atoms with E-state index in [0.29, 0.717) is 35.4 Å². The van der Waals surface area contributed by atoms with Gasteiger partial charge in [-0.25, -0.2) is 9.78 Å². The highest BCUT2D eigenvalue weighted by Crippen LogP contribution is 2.35. The van der Waals surface area contributed by atoms with Crippen molar-refractivity contribution >= 4 is 17.3 Å². The first-order valence-electron chi connectivity index (χ1n) is 7.17. The van der Waals surface area contributed by atoms with Crippen LogP contribution in [0, 0.1) is 6.92 Å². The second-order valence-corrected chi connectivity index (χ2v) is 5.68. The number of aromatic nitrogens is 1. The minimum Gasteiger partial charge on any atom is -0.490 e. The molecule has 6 heteroatoms. The first-order valence-corrected chi connectivity index (χ1v) is 7.99. The summed E-state index contributed by atoms with van der Waals surface area (Å²) in [5.41, 5.74) is 1.35. The van der Waals surface area contributed by atoms with E-state index in [2.05, 4.69) is 4.98 Å². The molecule has 0 atom stereocenters. The van der Waals surface area contributed by atoms with Crippen LogP contribution >= 0.6 is 11.3 Å². The number of carbonyl (C=O) groups is 1. The van der Waals surface area contributed by atoms with E-state index in [1.54, 1.807) is 6.92 Å². The highest BCUT2D eigenvalue weighted by Gasteiger charge is 2.16. The maximum atomic E-state index is 11.1. The van der Waals surface area contributed by atoms with Crippen LogP contribution in [0.4, 0.5) is 0 Å². The van der Waals surface area contributed by atoms with Crippen LogP contribution in [0.2, 0.25) is 0 Å². The van der Waals surface area contributed by atoms with Gasteiger partial charge in [0.05, 0.1) is 18.9 Å². The summed E-state index contributed by atoms with van der Waals surface area (Å²) in [5, 5.41) is 9.80. The lowest BCUT2D eigenvalue weighted by molar-refractivity contribution is 0.0701. The number of carboxylic acids is 1. The van der Waals surface area contributed by atoms with Gasteiger partial charge in [-0.2, -0.15) is 0 Å². The number of hydrogen-bond donors (Lipinski definition) is 1. The maximum Gasteiger partial charge on any atom is 0.347 e. The van der Waals surface area contributed by atoms with E-state index in [-0.39, 0.29) is 4.88 Å². The lowest BCUT2D eigenvalue weighted by Gasteiger charge is -2.12. The number of nitrogens with zero attached hydrogens (tertiary/aromatic N) is 1. The molecule has 2 aromatic rings. The van der Waals surface area contributed by atoms with Gasteiger partial charge < -0.3 is 14.6 Å². The zero-order valence-electron chi connectivity index (χ0n) is 12.9. The lowest BCUT2D eigenvalue weighted by atomic mass is 10.2. The minimum absolute atomic E-state index is 0.263. The first kappa shape index (κ1) is 16.3.